The molecule has 3 heteroatoms. The minimum atomic E-state index is -0.191. The van der Waals surface area contributed by atoms with Crippen LogP contribution in [0.5, 0.6) is 0 Å². The summed E-state index contributed by atoms with van der Waals surface area (Å²) < 4.78 is 13.4. The number of rotatable bonds is 5. The molecule has 0 aliphatic carbocycles. The third-order valence-corrected chi connectivity index (χ3v) is 2.73. The van der Waals surface area contributed by atoms with Gasteiger partial charge in [-0.3, -0.25) is 0 Å². The van der Waals surface area contributed by atoms with Crippen LogP contribution in [0.25, 0.3) is 0 Å². The fourth-order valence-corrected chi connectivity index (χ4v) is 1.75. The summed E-state index contributed by atoms with van der Waals surface area (Å²) in [6.07, 6.45) is 3.31. The van der Waals surface area contributed by atoms with E-state index in [1.54, 1.807) is 0 Å². The summed E-state index contributed by atoms with van der Waals surface area (Å²) >= 11 is 3.18. The monoisotopic (exact) mass is 259 g/mol. The molecule has 0 aliphatic heterocycles. The molecule has 1 aromatic rings. The Morgan fingerprint density at radius 1 is 1.36 bits per heavy atom. The first kappa shape index (κ1) is 11.7. The second-order valence-corrected chi connectivity index (χ2v) is 4.16. The number of hydrogen-bond donors (Lipinski definition) is 1. The van der Waals surface area contributed by atoms with Gasteiger partial charge in [-0.1, -0.05) is 6.07 Å². The Morgan fingerprint density at radius 3 is 2.79 bits per heavy atom. The van der Waals surface area contributed by atoms with Gasteiger partial charge in [-0.05, 0) is 66.5 Å². The molecule has 0 fully saturated rings. The minimum absolute atomic E-state index is 0.191. The van der Waals surface area contributed by atoms with Gasteiger partial charge in [0.1, 0.15) is 5.82 Å². The summed E-state index contributed by atoms with van der Waals surface area (Å²) in [7, 11) is 1.95. The molecule has 1 N–H and O–H groups in total. The number of hydrogen-bond acceptors (Lipinski definition) is 1. The highest BCUT2D eigenvalue weighted by atomic mass is 79.9. The van der Waals surface area contributed by atoms with Gasteiger partial charge in [0.15, 0.2) is 0 Å². The zero-order valence-electron chi connectivity index (χ0n) is 8.32. The molecule has 1 rings (SSSR count). The van der Waals surface area contributed by atoms with E-state index in [9.17, 15) is 4.39 Å². The Labute approximate surface area is 92.8 Å². The predicted octanol–water partition coefficient (Wildman–Crippen LogP) is 3.13. The average Bonchev–Trinajstić information content (AvgIpc) is 2.18. The minimum Gasteiger partial charge on any atom is -0.320 e. The molecule has 1 aromatic carbocycles. The van der Waals surface area contributed by atoms with Gasteiger partial charge in [0.2, 0.25) is 0 Å². The lowest BCUT2D eigenvalue weighted by atomic mass is 10.1. The molecule has 0 heterocycles. The Bertz CT molecular complexity index is 289. The van der Waals surface area contributed by atoms with Crippen molar-refractivity contribution < 1.29 is 4.39 Å². The molecule has 0 spiro atoms. The molecule has 0 aliphatic rings. The predicted molar refractivity (Wildman–Crippen MR) is 61.0 cm³/mol. The number of aryl methyl sites for hydroxylation is 1. The van der Waals surface area contributed by atoms with Gasteiger partial charge >= 0.3 is 0 Å². The second-order valence-electron chi connectivity index (χ2n) is 3.31. The lowest BCUT2D eigenvalue weighted by Gasteiger charge is -2.02. The zero-order valence-corrected chi connectivity index (χ0v) is 9.90. The third kappa shape index (κ3) is 3.76. The van der Waals surface area contributed by atoms with Gasteiger partial charge in [-0.15, -0.1) is 0 Å². The molecule has 0 atom stereocenters. The standard InChI is InChI=1S/C11H15BrFN/c1-14-7-3-2-4-9-5-6-11(13)10(12)8-9/h5-6,8,14H,2-4,7H2,1H3. The summed E-state index contributed by atoms with van der Waals surface area (Å²) in [6.45, 7) is 1.04. The molecule has 78 valence electrons. The van der Waals surface area contributed by atoms with Gasteiger partial charge in [-0.25, -0.2) is 4.39 Å². The SMILES string of the molecule is CNCCCCc1ccc(F)c(Br)c1. The number of halogens is 2. The maximum atomic E-state index is 12.9. The molecular formula is C11H15BrFN. The Hall–Kier alpha value is -0.410. The van der Waals surface area contributed by atoms with Crippen molar-refractivity contribution in [2.24, 2.45) is 0 Å². The van der Waals surface area contributed by atoms with Crippen LogP contribution in [0.3, 0.4) is 0 Å². The molecule has 0 saturated carbocycles. The summed E-state index contributed by atoms with van der Waals surface area (Å²) in [5.74, 6) is -0.191. The van der Waals surface area contributed by atoms with Crippen LogP contribution >= 0.6 is 15.9 Å². The van der Waals surface area contributed by atoms with Crippen LogP contribution in [0.2, 0.25) is 0 Å². The molecule has 0 saturated heterocycles. The van der Waals surface area contributed by atoms with Crippen molar-refractivity contribution in [3.63, 3.8) is 0 Å². The van der Waals surface area contributed by atoms with Crippen LogP contribution in [0.1, 0.15) is 18.4 Å². The third-order valence-electron chi connectivity index (χ3n) is 2.13. The van der Waals surface area contributed by atoms with E-state index in [0.29, 0.717) is 4.47 Å². The lowest BCUT2D eigenvalue weighted by Crippen LogP contribution is -2.07. The van der Waals surface area contributed by atoms with Crippen molar-refractivity contribution in [2.75, 3.05) is 13.6 Å². The topological polar surface area (TPSA) is 12.0 Å². The summed E-state index contributed by atoms with van der Waals surface area (Å²) in [5, 5.41) is 3.11. The largest absolute Gasteiger partial charge is 0.320 e. The van der Waals surface area contributed by atoms with Crippen LogP contribution in [0, 0.1) is 5.82 Å². The van der Waals surface area contributed by atoms with Crippen molar-refractivity contribution in [3.8, 4) is 0 Å². The number of nitrogens with one attached hydrogen (secondary N) is 1. The Balaban J connectivity index is 2.39. The summed E-state index contributed by atoms with van der Waals surface area (Å²) in [4.78, 5) is 0. The molecule has 1 nitrogen and oxygen atoms in total. The first-order chi connectivity index (χ1) is 6.74. The van der Waals surface area contributed by atoms with E-state index in [2.05, 4.69) is 21.2 Å². The van der Waals surface area contributed by atoms with E-state index in [-0.39, 0.29) is 5.82 Å². The highest BCUT2D eigenvalue weighted by Gasteiger charge is 1.99. The Morgan fingerprint density at radius 2 is 2.14 bits per heavy atom. The van der Waals surface area contributed by atoms with E-state index in [1.807, 2.05) is 19.2 Å². The average molecular weight is 260 g/mol. The smallest absolute Gasteiger partial charge is 0.137 e. The summed E-state index contributed by atoms with van der Waals surface area (Å²) in [5.41, 5.74) is 1.19. The molecule has 14 heavy (non-hydrogen) atoms. The fraction of sp³-hybridized carbons (Fsp3) is 0.455. The maximum Gasteiger partial charge on any atom is 0.137 e. The Kier molecular flexibility index (Phi) is 5.12. The molecule has 0 bridgehead atoms. The van der Waals surface area contributed by atoms with E-state index < -0.39 is 0 Å². The van der Waals surface area contributed by atoms with Crippen molar-refractivity contribution in [1.82, 2.24) is 5.32 Å². The van der Waals surface area contributed by atoms with Crippen molar-refractivity contribution in [1.29, 1.82) is 0 Å². The van der Waals surface area contributed by atoms with E-state index in [1.165, 1.54) is 11.6 Å². The first-order valence-corrected chi connectivity index (χ1v) is 5.62. The van der Waals surface area contributed by atoms with Gasteiger partial charge in [0.05, 0.1) is 4.47 Å². The highest BCUT2D eigenvalue weighted by Crippen LogP contribution is 2.17. The van der Waals surface area contributed by atoms with Crippen LogP contribution in [0.4, 0.5) is 4.39 Å². The zero-order chi connectivity index (χ0) is 10.4. The van der Waals surface area contributed by atoms with Crippen molar-refractivity contribution in [3.05, 3.63) is 34.1 Å². The number of unbranched alkanes of at least 4 members (excludes halogenated alkanes) is 1. The van der Waals surface area contributed by atoms with E-state index in [0.717, 1.165) is 25.8 Å². The molecule has 0 radical (unpaired) electrons. The fourth-order valence-electron chi connectivity index (χ4n) is 1.33. The summed E-state index contributed by atoms with van der Waals surface area (Å²) in [6, 6.07) is 5.21. The second kappa shape index (κ2) is 6.14. The normalized spacial score (nSPS) is 10.5. The van der Waals surface area contributed by atoms with E-state index in [4.69, 9.17) is 0 Å². The van der Waals surface area contributed by atoms with E-state index >= 15 is 0 Å². The van der Waals surface area contributed by atoms with Gasteiger partial charge < -0.3 is 5.32 Å². The van der Waals surface area contributed by atoms with Crippen LogP contribution in [-0.2, 0) is 6.42 Å². The van der Waals surface area contributed by atoms with Gasteiger partial charge in [0, 0.05) is 0 Å². The molecule has 0 unspecified atom stereocenters. The lowest BCUT2D eigenvalue weighted by molar-refractivity contribution is 0.619. The highest BCUT2D eigenvalue weighted by molar-refractivity contribution is 9.10. The van der Waals surface area contributed by atoms with Crippen molar-refractivity contribution >= 4 is 15.9 Å². The first-order valence-electron chi connectivity index (χ1n) is 4.82. The van der Waals surface area contributed by atoms with Crippen LogP contribution < -0.4 is 5.32 Å². The number of benzene rings is 1. The quantitative estimate of drug-likeness (QED) is 0.802. The molecule has 0 aromatic heterocycles. The maximum absolute atomic E-state index is 12.9. The van der Waals surface area contributed by atoms with Crippen LogP contribution in [0.15, 0.2) is 22.7 Å². The molecular weight excluding hydrogens is 245 g/mol. The van der Waals surface area contributed by atoms with Crippen LogP contribution in [-0.4, -0.2) is 13.6 Å². The van der Waals surface area contributed by atoms with Gasteiger partial charge in [-0.2, -0.15) is 0 Å². The van der Waals surface area contributed by atoms with Gasteiger partial charge in [0.25, 0.3) is 0 Å². The molecule has 0 amide bonds. The van der Waals surface area contributed by atoms with Crippen molar-refractivity contribution in [2.45, 2.75) is 19.3 Å².